The first kappa shape index (κ1) is 27.4. The maximum Gasteiger partial charge on any atom is 0.274 e. The van der Waals surface area contributed by atoms with Crippen molar-refractivity contribution in [2.24, 2.45) is 0 Å². The highest BCUT2D eigenvalue weighted by atomic mass is 35.5. The number of morpholine rings is 1. The van der Waals surface area contributed by atoms with E-state index in [-0.39, 0.29) is 5.91 Å². The van der Waals surface area contributed by atoms with E-state index in [9.17, 15) is 4.79 Å². The van der Waals surface area contributed by atoms with Crippen molar-refractivity contribution in [3.8, 4) is 0 Å². The lowest BCUT2D eigenvalue weighted by molar-refractivity contribution is 0.0364. The quantitative estimate of drug-likeness (QED) is 0.296. The van der Waals surface area contributed by atoms with Crippen LogP contribution in [0.4, 0.5) is 17.1 Å². The van der Waals surface area contributed by atoms with Gasteiger partial charge in [0.15, 0.2) is 0 Å². The zero-order valence-corrected chi connectivity index (χ0v) is 22.5. The van der Waals surface area contributed by atoms with E-state index in [4.69, 9.17) is 22.1 Å². The van der Waals surface area contributed by atoms with Gasteiger partial charge in [-0.2, -0.15) is 0 Å². The molecule has 1 fully saturated rings. The normalized spacial score (nSPS) is 14.2. The molecule has 1 amide bonds. The Morgan fingerprint density at radius 2 is 1.95 bits per heavy atom. The molecule has 1 aliphatic heterocycles. The molecule has 0 aliphatic carbocycles. The minimum atomic E-state index is -0.298. The van der Waals surface area contributed by atoms with E-state index in [1.54, 1.807) is 24.4 Å². The summed E-state index contributed by atoms with van der Waals surface area (Å²) >= 11 is 6.21. The Labute approximate surface area is 229 Å². The van der Waals surface area contributed by atoms with Crippen molar-refractivity contribution >= 4 is 34.6 Å². The number of carbonyl (C=O) groups is 1. The van der Waals surface area contributed by atoms with Crippen LogP contribution in [0.15, 0.2) is 78.8 Å². The summed E-state index contributed by atoms with van der Waals surface area (Å²) in [7, 11) is 0. The van der Waals surface area contributed by atoms with Crippen LogP contribution < -0.4 is 16.4 Å². The number of carbonyl (C=O) groups excluding carboxylic acids is 1. The van der Waals surface area contributed by atoms with E-state index in [1.165, 1.54) is 0 Å². The average Bonchev–Trinajstić information content (AvgIpc) is 2.93. The van der Waals surface area contributed by atoms with Crippen LogP contribution in [0, 0.1) is 0 Å². The van der Waals surface area contributed by atoms with Crippen molar-refractivity contribution in [1.82, 2.24) is 14.8 Å². The standard InChI is InChI=1S/C29H35ClN6O2/c1-2-28(33-24-8-5-7-23(30)19-24)36(14-6-13-35-15-17-38-18-16-35)21-22-11-12-27(32-20-22)29(37)34-26-10-4-3-9-25(26)31/h2-5,7-12,19-20,33H,6,13-18,21,31H2,1H3,(H,34,37)/b28-2-. The van der Waals surface area contributed by atoms with Crippen LogP contribution in [0.5, 0.6) is 0 Å². The number of hydrogen-bond donors (Lipinski definition) is 3. The molecule has 0 radical (unpaired) electrons. The van der Waals surface area contributed by atoms with Gasteiger partial charge in [-0.25, -0.2) is 0 Å². The number of nitrogens with one attached hydrogen (secondary N) is 2. The highest BCUT2D eigenvalue weighted by Crippen LogP contribution is 2.21. The molecule has 0 atom stereocenters. The SMILES string of the molecule is C/C=C(/Nc1cccc(Cl)c1)N(CCCN1CCOCC1)Cc1ccc(C(=O)Nc2ccccc2N)nc1. The summed E-state index contributed by atoms with van der Waals surface area (Å²) in [5, 5.41) is 7.02. The van der Waals surface area contributed by atoms with E-state index in [0.717, 1.165) is 62.9 Å². The van der Waals surface area contributed by atoms with Crippen LogP contribution in [0.3, 0.4) is 0 Å². The van der Waals surface area contributed by atoms with Gasteiger partial charge in [0.1, 0.15) is 11.5 Å². The van der Waals surface area contributed by atoms with Crippen molar-refractivity contribution in [2.45, 2.75) is 19.9 Å². The van der Waals surface area contributed by atoms with Gasteiger partial charge in [0, 0.05) is 49.6 Å². The van der Waals surface area contributed by atoms with E-state index < -0.39 is 0 Å². The van der Waals surface area contributed by atoms with Gasteiger partial charge in [-0.3, -0.25) is 14.7 Å². The largest absolute Gasteiger partial charge is 0.397 e. The zero-order valence-electron chi connectivity index (χ0n) is 21.7. The van der Waals surface area contributed by atoms with Gasteiger partial charge in [-0.1, -0.05) is 35.9 Å². The first-order valence-electron chi connectivity index (χ1n) is 12.9. The summed E-state index contributed by atoms with van der Waals surface area (Å²) in [6.45, 7) is 8.04. The number of anilines is 3. The lowest BCUT2D eigenvalue weighted by atomic mass is 10.2. The van der Waals surface area contributed by atoms with Gasteiger partial charge >= 0.3 is 0 Å². The summed E-state index contributed by atoms with van der Waals surface area (Å²) < 4.78 is 5.48. The monoisotopic (exact) mass is 534 g/mol. The molecular weight excluding hydrogens is 500 g/mol. The third-order valence-electron chi connectivity index (χ3n) is 6.36. The molecule has 8 nitrogen and oxygen atoms in total. The smallest absolute Gasteiger partial charge is 0.274 e. The lowest BCUT2D eigenvalue weighted by Crippen LogP contribution is -2.38. The minimum absolute atomic E-state index is 0.298. The molecule has 38 heavy (non-hydrogen) atoms. The summed E-state index contributed by atoms with van der Waals surface area (Å²) in [4.78, 5) is 21.9. The minimum Gasteiger partial charge on any atom is -0.397 e. The lowest BCUT2D eigenvalue weighted by Gasteiger charge is -2.31. The van der Waals surface area contributed by atoms with Gasteiger partial charge in [0.05, 0.1) is 24.6 Å². The Morgan fingerprint density at radius 3 is 2.66 bits per heavy atom. The molecule has 0 saturated carbocycles. The van der Waals surface area contributed by atoms with Crippen molar-refractivity contribution < 1.29 is 9.53 Å². The van der Waals surface area contributed by atoms with Crippen LogP contribution in [0.25, 0.3) is 0 Å². The Morgan fingerprint density at radius 1 is 1.13 bits per heavy atom. The van der Waals surface area contributed by atoms with Crippen LogP contribution >= 0.6 is 11.6 Å². The highest BCUT2D eigenvalue weighted by Gasteiger charge is 2.15. The number of hydrogen-bond acceptors (Lipinski definition) is 7. The maximum absolute atomic E-state index is 12.7. The van der Waals surface area contributed by atoms with E-state index >= 15 is 0 Å². The number of para-hydroxylation sites is 2. The summed E-state index contributed by atoms with van der Waals surface area (Å²) in [5.41, 5.74) is 9.29. The van der Waals surface area contributed by atoms with Crippen molar-refractivity contribution in [3.63, 3.8) is 0 Å². The summed E-state index contributed by atoms with van der Waals surface area (Å²) in [6.07, 6.45) is 4.82. The first-order valence-corrected chi connectivity index (χ1v) is 13.2. The molecule has 1 aliphatic rings. The maximum atomic E-state index is 12.7. The van der Waals surface area contributed by atoms with Crippen molar-refractivity contribution in [1.29, 1.82) is 0 Å². The second-order valence-electron chi connectivity index (χ2n) is 9.13. The number of amides is 1. The summed E-state index contributed by atoms with van der Waals surface area (Å²) in [5.74, 6) is 0.684. The van der Waals surface area contributed by atoms with Gasteiger partial charge in [0.25, 0.3) is 5.91 Å². The van der Waals surface area contributed by atoms with Gasteiger partial charge in [0.2, 0.25) is 0 Å². The van der Waals surface area contributed by atoms with Crippen LogP contribution in [-0.4, -0.2) is 60.1 Å². The Bertz CT molecular complexity index is 1230. The fourth-order valence-electron chi connectivity index (χ4n) is 4.31. The molecule has 3 aromatic rings. The van der Waals surface area contributed by atoms with E-state index in [1.807, 2.05) is 49.4 Å². The van der Waals surface area contributed by atoms with Crippen LogP contribution in [0.2, 0.25) is 5.02 Å². The number of allylic oxidation sites excluding steroid dienone is 1. The number of aromatic nitrogens is 1. The third kappa shape index (κ3) is 7.95. The molecule has 9 heteroatoms. The number of pyridine rings is 1. The molecule has 200 valence electrons. The number of ether oxygens (including phenoxy) is 1. The molecule has 2 aromatic carbocycles. The van der Waals surface area contributed by atoms with Gasteiger partial charge in [-0.05, 0) is 61.4 Å². The topological polar surface area (TPSA) is 95.8 Å². The van der Waals surface area contributed by atoms with Gasteiger partial charge in [-0.15, -0.1) is 0 Å². The Balaban J connectivity index is 1.44. The second-order valence-corrected chi connectivity index (χ2v) is 9.57. The number of rotatable bonds is 11. The molecule has 4 rings (SSSR count). The zero-order chi connectivity index (χ0) is 26.7. The number of nitrogens with two attached hydrogens (primary N) is 1. The van der Waals surface area contributed by atoms with Crippen molar-refractivity contribution in [3.05, 3.63) is 95.0 Å². The fraction of sp³-hybridized carbons (Fsp3) is 0.310. The molecular formula is C29H35ClN6O2. The Kier molecular flexibility index (Phi) is 9.97. The van der Waals surface area contributed by atoms with E-state index in [0.29, 0.717) is 28.6 Å². The summed E-state index contributed by atoms with van der Waals surface area (Å²) in [6, 6.07) is 18.5. The predicted octanol–water partition coefficient (Wildman–Crippen LogP) is 5.07. The average molecular weight is 535 g/mol. The third-order valence-corrected chi connectivity index (χ3v) is 6.59. The molecule has 2 heterocycles. The van der Waals surface area contributed by atoms with Crippen LogP contribution in [0.1, 0.15) is 29.4 Å². The number of nitrogens with zero attached hydrogens (tertiary/aromatic N) is 3. The Hall–Kier alpha value is -3.59. The van der Waals surface area contributed by atoms with Gasteiger partial charge < -0.3 is 26.0 Å². The number of benzene rings is 2. The molecule has 0 spiro atoms. The molecule has 4 N–H and O–H groups in total. The highest BCUT2D eigenvalue weighted by molar-refractivity contribution is 6.30. The first-order chi connectivity index (χ1) is 18.5. The molecule has 0 unspecified atom stereocenters. The number of nitrogen functional groups attached to an aromatic ring is 1. The van der Waals surface area contributed by atoms with E-state index in [2.05, 4.69) is 31.5 Å². The van der Waals surface area contributed by atoms with Crippen molar-refractivity contribution in [2.75, 3.05) is 55.8 Å². The fourth-order valence-corrected chi connectivity index (χ4v) is 4.50. The predicted molar refractivity (Wildman–Crippen MR) is 154 cm³/mol. The number of halogens is 1. The van der Waals surface area contributed by atoms with Crippen LogP contribution in [-0.2, 0) is 11.3 Å². The second kappa shape index (κ2) is 13.8. The molecule has 1 saturated heterocycles. The molecule has 1 aromatic heterocycles. The molecule has 0 bridgehead atoms.